The molecule has 0 bridgehead atoms. The quantitative estimate of drug-likeness (QED) is 0.430. The van der Waals surface area contributed by atoms with Crippen molar-refractivity contribution in [2.45, 2.75) is 33.9 Å². The molecule has 0 aliphatic rings. The third-order valence-corrected chi connectivity index (χ3v) is 4.64. The van der Waals surface area contributed by atoms with Crippen LogP contribution in [0.15, 0.2) is 79.4 Å². The molecule has 1 heterocycles. The SMILES string of the molecule is CN(CC=CC#CC(C)(C)C)Cc1cccc(OCc2cccc(-c3cncnc3)c2)c1. The third-order valence-electron chi connectivity index (χ3n) is 4.64. The molecule has 164 valence electrons. The van der Waals surface area contributed by atoms with E-state index in [2.05, 4.69) is 90.9 Å². The van der Waals surface area contributed by atoms with Gasteiger partial charge in [-0.25, -0.2) is 9.97 Å². The van der Waals surface area contributed by atoms with Crippen LogP contribution in [0.3, 0.4) is 0 Å². The number of hydrogen-bond acceptors (Lipinski definition) is 4. The van der Waals surface area contributed by atoms with Crippen LogP contribution in [-0.4, -0.2) is 28.5 Å². The number of aromatic nitrogens is 2. The second-order valence-corrected chi connectivity index (χ2v) is 8.88. The fraction of sp³-hybridized carbons (Fsp3) is 0.286. The number of allylic oxidation sites excluding steroid dienone is 1. The predicted octanol–water partition coefficient (Wildman–Crippen LogP) is 5.76. The maximum absolute atomic E-state index is 6.07. The Labute approximate surface area is 192 Å². The Balaban J connectivity index is 1.54. The average Bonchev–Trinajstić information content (AvgIpc) is 2.78. The lowest BCUT2D eigenvalue weighted by Gasteiger charge is -2.15. The molecule has 3 aromatic rings. The van der Waals surface area contributed by atoms with Crippen LogP contribution in [0, 0.1) is 17.3 Å². The van der Waals surface area contributed by atoms with E-state index in [4.69, 9.17) is 4.74 Å². The summed E-state index contributed by atoms with van der Waals surface area (Å²) in [6.45, 7) is 8.55. The van der Waals surface area contributed by atoms with Gasteiger partial charge in [0, 0.05) is 36.5 Å². The Bertz CT molecular complexity index is 1090. The van der Waals surface area contributed by atoms with Crippen LogP contribution in [0.1, 0.15) is 31.9 Å². The molecule has 0 amide bonds. The number of hydrogen-bond donors (Lipinski definition) is 0. The molecule has 0 saturated heterocycles. The van der Waals surface area contributed by atoms with Crippen molar-refractivity contribution in [3.63, 3.8) is 0 Å². The molecule has 0 fully saturated rings. The Morgan fingerprint density at radius 1 is 0.969 bits per heavy atom. The van der Waals surface area contributed by atoms with E-state index in [0.717, 1.165) is 35.5 Å². The van der Waals surface area contributed by atoms with E-state index < -0.39 is 0 Å². The van der Waals surface area contributed by atoms with Gasteiger partial charge in [-0.15, -0.1) is 0 Å². The highest BCUT2D eigenvalue weighted by Gasteiger charge is 2.04. The Morgan fingerprint density at radius 2 is 1.72 bits per heavy atom. The lowest BCUT2D eigenvalue weighted by atomic mass is 9.98. The Hall–Kier alpha value is -3.42. The second-order valence-electron chi connectivity index (χ2n) is 8.88. The van der Waals surface area contributed by atoms with E-state index in [1.165, 1.54) is 5.56 Å². The van der Waals surface area contributed by atoms with Gasteiger partial charge < -0.3 is 4.74 Å². The highest BCUT2D eigenvalue weighted by Crippen LogP contribution is 2.21. The summed E-state index contributed by atoms with van der Waals surface area (Å²) in [5.41, 5.74) is 4.44. The lowest BCUT2D eigenvalue weighted by Crippen LogP contribution is -2.17. The molecule has 0 aliphatic carbocycles. The normalized spacial score (nSPS) is 11.4. The summed E-state index contributed by atoms with van der Waals surface area (Å²) < 4.78 is 6.07. The molecule has 0 atom stereocenters. The van der Waals surface area contributed by atoms with E-state index in [0.29, 0.717) is 6.61 Å². The zero-order valence-electron chi connectivity index (χ0n) is 19.4. The fourth-order valence-electron chi connectivity index (χ4n) is 3.12. The summed E-state index contributed by atoms with van der Waals surface area (Å²) in [5, 5.41) is 0. The first-order chi connectivity index (χ1) is 15.4. The van der Waals surface area contributed by atoms with Crippen LogP contribution in [0.4, 0.5) is 0 Å². The Kier molecular flexibility index (Phi) is 8.19. The molecule has 0 unspecified atom stereocenters. The molecule has 3 rings (SSSR count). The van der Waals surface area contributed by atoms with Gasteiger partial charge in [-0.3, -0.25) is 4.90 Å². The van der Waals surface area contributed by atoms with Crippen molar-refractivity contribution in [2.24, 2.45) is 5.41 Å². The van der Waals surface area contributed by atoms with Gasteiger partial charge in [-0.05, 0) is 68.8 Å². The molecule has 0 saturated carbocycles. The number of likely N-dealkylation sites (N-methyl/N-ethyl adjacent to an activating group) is 1. The van der Waals surface area contributed by atoms with Crippen LogP contribution in [0.5, 0.6) is 5.75 Å². The lowest BCUT2D eigenvalue weighted by molar-refractivity contribution is 0.304. The summed E-state index contributed by atoms with van der Waals surface area (Å²) in [5.74, 6) is 7.20. The van der Waals surface area contributed by atoms with Gasteiger partial charge in [-0.1, -0.05) is 48.2 Å². The topological polar surface area (TPSA) is 38.2 Å². The summed E-state index contributed by atoms with van der Waals surface area (Å²) in [6, 6.07) is 16.6. The van der Waals surface area contributed by atoms with E-state index in [1.807, 2.05) is 36.7 Å². The van der Waals surface area contributed by atoms with Gasteiger partial charge in [0.1, 0.15) is 18.7 Å². The van der Waals surface area contributed by atoms with E-state index in [1.54, 1.807) is 6.33 Å². The molecule has 0 spiro atoms. The molecule has 32 heavy (non-hydrogen) atoms. The molecule has 1 aromatic heterocycles. The van der Waals surface area contributed by atoms with Crippen molar-refractivity contribution in [3.05, 3.63) is 90.5 Å². The molecular formula is C28H31N3O. The van der Waals surface area contributed by atoms with Crippen molar-refractivity contribution < 1.29 is 4.74 Å². The smallest absolute Gasteiger partial charge is 0.120 e. The van der Waals surface area contributed by atoms with Gasteiger partial charge in [0.15, 0.2) is 0 Å². The monoisotopic (exact) mass is 425 g/mol. The van der Waals surface area contributed by atoms with Gasteiger partial charge in [0.2, 0.25) is 0 Å². The molecule has 0 aliphatic heterocycles. The number of benzene rings is 2. The fourth-order valence-corrected chi connectivity index (χ4v) is 3.12. The Morgan fingerprint density at radius 3 is 2.50 bits per heavy atom. The first-order valence-corrected chi connectivity index (χ1v) is 10.8. The number of rotatable bonds is 8. The highest BCUT2D eigenvalue weighted by molar-refractivity contribution is 5.62. The highest BCUT2D eigenvalue weighted by atomic mass is 16.5. The maximum atomic E-state index is 6.07. The second kappa shape index (κ2) is 11.3. The van der Waals surface area contributed by atoms with Crippen molar-refractivity contribution >= 4 is 0 Å². The van der Waals surface area contributed by atoms with Crippen molar-refractivity contribution in [2.75, 3.05) is 13.6 Å². The predicted molar refractivity (Wildman–Crippen MR) is 131 cm³/mol. The van der Waals surface area contributed by atoms with Crippen molar-refractivity contribution in [3.8, 4) is 28.7 Å². The summed E-state index contributed by atoms with van der Waals surface area (Å²) in [4.78, 5) is 10.4. The van der Waals surface area contributed by atoms with Gasteiger partial charge >= 0.3 is 0 Å². The molecule has 4 nitrogen and oxygen atoms in total. The summed E-state index contributed by atoms with van der Waals surface area (Å²) in [7, 11) is 2.11. The van der Waals surface area contributed by atoms with Crippen LogP contribution >= 0.6 is 0 Å². The standard InChI is InChI=1S/C28H31N3O/c1-28(2,3)14-6-5-7-15-31(4)20-23-10-9-13-27(17-23)32-21-24-11-8-12-25(16-24)26-18-29-22-30-19-26/h5,7-13,16-19,22H,15,20-21H2,1-4H3. The maximum Gasteiger partial charge on any atom is 0.120 e. The van der Waals surface area contributed by atoms with Crippen LogP contribution in [0.2, 0.25) is 0 Å². The van der Waals surface area contributed by atoms with E-state index in [-0.39, 0.29) is 5.41 Å². The van der Waals surface area contributed by atoms with Crippen molar-refractivity contribution in [1.82, 2.24) is 14.9 Å². The zero-order chi connectivity index (χ0) is 22.8. The molecule has 2 aromatic carbocycles. The van der Waals surface area contributed by atoms with Crippen molar-refractivity contribution in [1.29, 1.82) is 0 Å². The van der Waals surface area contributed by atoms with Gasteiger partial charge in [0.25, 0.3) is 0 Å². The minimum atomic E-state index is 0.0357. The van der Waals surface area contributed by atoms with Gasteiger partial charge in [-0.2, -0.15) is 0 Å². The minimum absolute atomic E-state index is 0.0357. The number of ether oxygens (including phenoxy) is 1. The minimum Gasteiger partial charge on any atom is -0.489 e. The molecular weight excluding hydrogens is 394 g/mol. The first-order valence-electron chi connectivity index (χ1n) is 10.8. The zero-order valence-corrected chi connectivity index (χ0v) is 19.4. The average molecular weight is 426 g/mol. The summed E-state index contributed by atoms with van der Waals surface area (Å²) >= 11 is 0. The first kappa shape index (κ1) is 23.2. The van der Waals surface area contributed by atoms with Crippen LogP contribution < -0.4 is 4.74 Å². The molecule has 0 radical (unpaired) electrons. The largest absolute Gasteiger partial charge is 0.489 e. The molecule has 0 N–H and O–H groups in total. The summed E-state index contributed by atoms with van der Waals surface area (Å²) in [6.07, 6.45) is 9.22. The third kappa shape index (κ3) is 8.02. The van der Waals surface area contributed by atoms with E-state index in [9.17, 15) is 0 Å². The van der Waals surface area contributed by atoms with Crippen LogP contribution in [-0.2, 0) is 13.2 Å². The van der Waals surface area contributed by atoms with Gasteiger partial charge in [0.05, 0.1) is 0 Å². The number of nitrogens with zero attached hydrogens (tertiary/aromatic N) is 3. The molecule has 4 heteroatoms. The van der Waals surface area contributed by atoms with E-state index >= 15 is 0 Å². The van der Waals surface area contributed by atoms with Crippen LogP contribution in [0.25, 0.3) is 11.1 Å².